The van der Waals surface area contributed by atoms with Gasteiger partial charge >= 0.3 is 0 Å². The van der Waals surface area contributed by atoms with Gasteiger partial charge in [0.25, 0.3) is 11.8 Å². The number of nitrogens with two attached hydrogens (primary N) is 1. The number of hydrogen-bond acceptors (Lipinski definition) is 6. The van der Waals surface area contributed by atoms with E-state index in [1.807, 2.05) is 22.4 Å². The number of hydrogen-bond donors (Lipinski definition) is 1. The summed E-state index contributed by atoms with van der Waals surface area (Å²) in [6.45, 7) is 3.59. The Kier molecular flexibility index (Phi) is 5.05. The normalized spacial score (nSPS) is 20.7. The Bertz CT molecular complexity index is 1090. The van der Waals surface area contributed by atoms with Gasteiger partial charge in [0.2, 0.25) is 10.0 Å². The number of carbonyl (C=O) groups excluding carboxylic acids is 2. The first-order valence-electron chi connectivity index (χ1n) is 9.32. The monoisotopic (exact) mass is 431 g/mol. The van der Waals surface area contributed by atoms with Gasteiger partial charge in [0.05, 0.1) is 16.2 Å². The fraction of sp³-hybridized carbons (Fsp3) is 0.300. The van der Waals surface area contributed by atoms with E-state index in [4.69, 9.17) is 5.14 Å². The molecule has 3 heterocycles. The van der Waals surface area contributed by atoms with Gasteiger partial charge in [-0.25, -0.2) is 18.5 Å². The van der Waals surface area contributed by atoms with Crippen LogP contribution in [0.4, 0.5) is 5.69 Å². The number of primary sulfonamides is 1. The number of amides is 2. The van der Waals surface area contributed by atoms with Crippen LogP contribution in [0.2, 0.25) is 0 Å². The lowest BCUT2D eigenvalue weighted by Crippen LogP contribution is -2.39. The Balaban J connectivity index is 1.76. The molecule has 1 fully saturated rings. The highest BCUT2D eigenvalue weighted by molar-refractivity contribution is 7.89. The first-order valence-corrected chi connectivity index (χ1v) is 11.7. The van der Waals surface area contributed by atoms with Crippen molar-refractivity contribution in [1.29, 1.82) is 0 Å². The fourth-order valence-electron chi connectivity index (χ4n) is 3.87. The first kappa shape index (κ1) is 19.8. The lowest BCUT2D eigenvalue weighted by molar-refractivity contribution is -0.120. The molecule has 1 atom stereocenters. The number of rotatable bonds is 4. The van der Waals surface area contributed by atoms with Crippen molar-refractivity contribution >= 4 is 44.4 Å². The molecule has 7 nitrogen and oxygen atoms in total. The van der Waals surface area contributed by atoms with Crippen LogP contribution in [0.5, 0.6) is 0 Å². The second-order valence-corrected chi connectivity index (χ2v) is 9.89. The molecule has 0 saturated carbocycles. The molecular formula is C20H21N3O4S2. The molecule has 2 aliphatic rings. The third-order valence-electron chi connectivity index (χ3n) is 5.22. The molecular weight excluding hydrogens is 410 g/mol. The molecule has 0 radical (unpaired) electrons. The Morgan fingerprint density at radius 3 is 2.41 bits per heavy atom. The molecule has 4 rings (SSSR count). The molecule has 2 aromatic rings. The van der Waals surface area contributed by atoms with Gasteiger partial charge in [-0.05, 0) is 54.5 Å². The number of thiophene rings is 1. The van der Waals surface area contributed by atoms with Gasteiger partial charge in [-0.15, -0.1) is 11.3 Å². The number of carbonyl (C=O) groups is 2. The molecule has 0 bridgehead atoms. The van der Waals surface area contributed by atoms with Crippen LogP contribution in [0, 0.1) is 5.92 Å². The van der Waals surface area contributed by atoms with Crippen molar-refractivity contribution in [2.75, 3.05) is 18.0 Å². The number of benzene rings is 1. The van der Waals surface area contributed by atoms with Crippen molar-refractivity contribution < 1.29 is 18.0 Å². The molecule has 152 valence electrons. The highest BCUT2D eigenvalue weighted by Gasteiger charge is 2.43. The number of imide groups is 1. The maximum atomic E-state index is 13.4. The zero-order chi connectivity index (χ0) is 20.8. The van der Waals surface area contributed by atoms with E-state index in [2.05, 4.69) is 6.92 Å². The summed E-state index contributed by atoms with van der Waals surface area (Å²) in [6, 6.07) is 9.16. The Morgan fingerprint density at radius 1 is 1.10 bits per heavy atom. The van der Waals surface area contributed by atoms with Gasteiger partial charge in [-0.3, -0.25) is 9.59 Å². The number of anilines is 1. The van der Waals surface area contributed by atoms with Gasteiger partial charge < -0.3 is 4.90 Å². The summed E-state index contributed by atoms with van der Waals surface area (Å²) >= 11 is 1.42. The van der Waals surface area contributed by atoms with Crippen LogP contribution >= 0.6 is 11.3 Å². The standard InChI is InChI=1S/C20H21N3O4S2/c1-13-4-2-10-22(12-13)18-17(16-5-3-11-28-16)19(24)23(20(18)25)14-6-8-15(9-7-14)29(21,26)27/h3,5-9,11,13H,2,4,10,12H2,1H3,(H2,21,26,27). The Morgan fingerprint density at radius 2 is 1.83 bits per heavy atom. The predicted octanol–water partition coefficient (Wildman–Crippen LogP) is 2.41. The summed E-state index contributed by atoms with van der Waals surface area (Å²) in [5.74, 6) is -0.336. The molecule has 9 heteroatoms. The molecule has 29 heavy (non-hydrogen) atoms. The van der Waals surface area contributed by atoms with E-state index >= 15 is 0 Å². The highest BCUT2D eigenvalue weighted by atomic mass is 32.2. The van der Waals surface area contributed by atoms with Crippen LogP contribution in [-0.2, 0) is 19.6 Å². The minimum atomic E-state index is -3.86. The fourth-order valence-corrected chi connectivity index (χ4v) is 5.14. The highest BCUT2D eigenvalue weighted by Crippen LogP contribution is 2.38. The van der Waals surface area contributed by atoms with Crippen molar-refractivity contribution in [2.24, 2.45) is 11.1 Å². The van der Waals surface area contributed by atoms with E-state index in [1.165, 1.54) is 35.6 Å². The molecule has 0 spiro atoms. The second kappa shape index (κ2) is 7.40. The third-order valence-corrected chi connectivity index (χ3v) is 7.04. The summed E-state index contributed by atoms with van der Waals surface area (Å²) in [7, 11) is -3.86. The van der Waals surface area contributed by atoms with Gasteiger partial charge in [-0.1, -0.05) is 13.0 Å². The lowest BCUT2D eigenvalue weighted by atomic mass is 9.99. The third kappa shape index (κ3) is 3.61. The summed E-state index contributed by atoms with van der Waals surface area (Å²) in [5, 5.41) is 7.02. The number of sulfonamides is 1. The summed E-state index contributed by atoms with van der Waals surface area (Å²) < 4.78 is 23.0. The SMILES string of the molecule is CC1CCCN(C2=C(c3cccs3)C(=O)N(c3ccc(S(N)(=O)=O)cc3)C2=O)C1. The van der Waals surface area contributed by atoms with Crippen molar-refractivity contribution in [3.05, 3.63) is 52.4 Å². The lowest BCUT2D eigenvalue weighted by Gasteiger charge is -2.33. The maximum Gasteiger partial charge on any atom is 0.282 e. The zero-order valence-corrected chi connectivity index (χ0v) is 17.5. The molecule has 2 aliphatic heterocycles. The average Bonchev–Trinajstić information content (AvgIpc) is 3.27. The molecule has 1 aromatic heterocycles. The van der Waals surface area contributed by atoms with E-state index in [1.54, 1.807) is 0 Å². The zero-order valence-electron chi connectivity index (χ0n) is 15.9. The minimum absolute atomic E-state index is 0.0723. The van der Waals surface area contributed by atoms with Gasteiger partial charge in [0, 0.05) is 18.0 Å². The van der Waals surface area contributed by atoms with E-state index in [-0.39, 0.29) is 10.8 Å². The average molecular weight is 432 g/mol. The minimum Gasteiger partial charge on any atom is -0.366 e. The van der Waals surface area contributed by atoms with Crippen LogP contribution in [0.1, 0.15) is 24.6 Å². The smallest absolute Gasteiger partial charge is 0.282 e. The van der Waals surface area contributed by atoms with E-state index < -0.39 is 15.9 Å². The first-order chi connectivity index (χ1) is 13.8. The topological polar surface area (TPSA) is 101 Å². The van der Waals surface area contributed by atoms with Crippen molar-refractivity contribution in [3.8, 4) is 0 Å². The molecule has 1 aromatic carbocycles. The van der Waals surface area contributed by atoms with Crippen LogP contribution in [0.3, 0.4) is 0 Å². The maximum absolute atomic E-state index is 13.4. The predicted molar refractivity (Wildman–Crippen MR) is 112 cm³/mol. The largest absolute Gasteiger partial charge is 0.366 e. The summed E-state index contributed by atoms with van der Waals surface area (Å²) in [4.78, 5) is 30.5. The quantitative estimate of drug-likeness (QED) is 0.749. The van der Waals surface area contributed by atoms with Crippen LogP contribution in [0.25, 0.3) is 5.57 Å². The van der Waals surface area contributed by atoms with Crippen molar-refractivity contribution in [1.82, 2.24) is 4.90 Å². The van der Waals surface area contributed by atoms with E-state index in [9.17, 15) is 18.0 Å². The Hall–Kier alpha value is -2.49. The molecule has 2 N–H and O–H groups in total. The molecule has 0 aliphatic carbocycles. The van der Waals surface area contributed by atoms with Gasteiger partial charge in [-0.2, -0.15) is 0 Å². The molecule has 2 amide bonds. The summed E-state index contributed by atoms with van der Waals surface area (Å²) in [6.07, 6.45) is 2.06. The van der Waals surface area contributed by atoms with Gasteiger partial charge in [0.1, 0.15) is 5.70 Å². The van der Waals surface area contributed by atoms with E-state index in [0.29, 0.717) is 22.9 Å². The number of nitrogens with zero attached hydrogens (tertiary/aromatic N) is 2. The molecule has 1 saturated heterocycles. The number of piperidine rings is 1. The van der Waals surface area contributed by atoms with Crippen LogP contribution < -0.4 is 10.0 Å². The van der Waals surface area contributed by atoms with Crippen LogP contribution in [-0.4, -0.2) is 38.2 Å². The van der Waals surface area contributed by atoms with Gasteiger partial charge in [0.15, 0.2) is 0 Å². The summed E-state index contributed by atoms with van der Waals surface area (Å²) in [5.41, 5.74) is 1.16. The number of likely N-dealkylation sites (tertiary alicyclic amines) is 1. The van der Waals surface area contributed by atoms with Crippen molar-refractivity contribution in [2.45, 2.75) is 24.7 Å². The van der Waals surface area contributed by atoms with E-state index in [0.717, 1.165) is 35.7 Å². The Labute approximate surface area is 173 Å². The van der Waals surface area contributed by atoms with Crippen molar-refractivity contribution in [3.63, 3.8) is 0 Å². The molecule has 1 unspecified atom stereocenters. The second-order valence-electron chi connectivity index (χ2n) is 7.38. The van der Waals surface area contributed by atoms with Crippen LogP contribution in [0.15, 0.2) is 52.4 Å².